The molecule has 0 heterocycles. The van der Waals surface area contributed by atoms with Gasteiger partial charge in [-0.2, -0.15) is 0 Å². The van der Waals surface area contributed by atoms with Crippen LogP contribution in [0.4, 0.5) is 5.69 Å². The van der Waals surface area contributed by atoms with E-state index in [9.17, 15) is 4.79 Å². The van der Waals surface area contributed by atoms with Gasteiger partial charge in [0.05, 0.1) is 11.3 Å². The lowest BCUT2D eigenvalue weighted by atomic mass is 10.1. The van der Waals surface area contributed by atoms with Gasteiger partial charge in [0.25, 0.3) is 0 Å². The Morgan fingerprint density at radius 1 is 1.50 bits per heavy atom. The number of nitrogens with two attached hydrogens (primary N) is 1. The van der Waals surface area contributed by atoms with Crippen LogP contribution in [-0.2, 0) is 6.42 Å². The van der Waals surface area contributed by atoms with Gasteiger partial charge in [-0.05, 0) is 53.9 Å². The number of hydrogen-bond acceptors (Lipinski definition) is 2. The zero-order valence-electron chi connectivity index (χ0n) is 9.25. The average Bonchev–Trinajstić information content (AvgIpc) is 2.19. The first-order valence-electron chi connectivity index (χ1n) is 4.86. The molecule has 0 aliphatic carbocycles. The van der Waals surface area contributed by atoms with Gasteiger partial charge in [-0.1, -0.05) is 11.6 Å². The number of benzene rings is 1. The second-order valence-electron chi connectivity index (χ2n) is 3.83. The second kappa shape index (κ2) is 5.16. The van der Waals surface area contributed by atoms with Crippen molar-refractivity contribution < 1.29 is 9.90 Å². The predicted molar refractivity (Wildman–Crippen MR) is 68.6 cm³/mol. The van der Waals surface area contributed by atoms with E-state index in [-0.39, 0.29) is 11.3 Å². The van der Waals surface area contributed by atoms with Crippen LogP contribution in [0.25, 0.3) is 0 Å². The largest absolute Gasteiger partial charge is 0.478 e. The topological polar surface area (TPSA) is 63.3 Å². The van der Waals surface area contributed by atoms with E-state index in [1.165, 1.54) is 5.57 Å². The summed E-state index contributed by atoms with van der Waals surface area (Å²) in [5.41, 5.74) is 8.21. The van der Waals surface area contributed by atoms with Crippen LogP contribution in [0, 0.1) is 0 Å². The van der Waals surface area contributed by atoms with Gasteiger partial charge >= 0.3 is 5.97 Å². The molecular formula is C12H14BrNO2. The normalized spacial score (nSPS) is 9.94. The smallest absolute Gasteiger partial charge is 0.337 e. The number of nitrogen functional groups attached to an aromatic ring is 1. The number of allylic oxidation sites excluding steroid dienone is 2. The van der Waals surface area contributed by atoms with Crippen molar-refractivity contribution in [2.45, 2.75) is 20.3 Å². The van der Waals surface area contributed by atoms with Gasteiger partial charge < -0.3 is 10.8 Å². The lowest BCUT2D eigenvalue weighted by Gasteiger charge is -2.06. The molecule has 0 bridgehead atoms. The summed E-state index contributed by atoms with van der Waals surface area (Å²) in [5.74, 6) is -1.00. The summed E-state index contributed by atoms with van der Waals surface area (Å²) in [6, 6.07) is 3.46. The quantitative estimate of drug-likeness (QED) is 0.661. The first kappa shape index (κ1) is 12.8. The van der Waals surface area contributed by atoms with Crippen molar-refractivity contribution in [2.24, 2.45) is 0 Å². The minimum Gasteiger partial charge on any atom is -0.478 e. The Morgan fingerprint density at radius 3 is 2.62 bits per heavy atom. The molecule has 0 unspecified atom stereocenters. The standard InChI is InChI=1S/C12H14BrNO2/c1-7(2)3-4-8-5-9(12(15)16)11(14)10(13)6-8/h3,5-6H,4,14H2,1-2H3,(H,15,16). The first-order chi connectivity index (χ1) is 7.41. The molecule has 3 N–H and O–H groups in total. The Kier molecular flexibility index (Phi) is 4.12. The molecule has 0 aliphatic rings. The van der Waals surface area contributed by atoms with E-state index < -0.39 is 5.97 Å². The molecule has 86 valence electrons. The summed E-state index contributed by atoms with van der Waals surface area (Å²) < 4.78 is 0.629. The van der Waals surface area contributed by atoms with Crippen LogP contribution >= 0.6 is 15.9 Å². The van der Waals surface area contributed by atoms with E-state index in [1.807, 2.05) is 26.0 Å². The van der Waals surface area contributed by atoms with Gasteiger partial charge in [-0.3, -0.25) is 0 Å². The number of carboxylic acid groups (broad SMARTS) is 1. The molecule has 0 radical (unpaired) electrons. The van der Waals surface area contributed by atoms with E-state index in [0.29, 0.717) is 10.9 Å². The van der Waals surface area contributed by atoms with Gasteiger partial charge in [-0.15, -0.1) is 0 Å². The molecule has 0 saturated carbocycles. The molecule has 3 nitrogen and oxygen atoms in total. The van der Waals surface area contributed by atoms with E-state index in [2.05, 4.69) is 15.9 Å². The average molecular weight is 284 g/mol. The maximum absolute atomic E-state index is 10.9. The summed E-state index contributed by atoms with van der Waals surface area (Å²) in [6.07, 6.45) is 2.76. The third kappa shape index (κ3) is 3.10. The maximum Gasteiger partial charge on any atom is 0.337 e. The van der Waals surface area contributed by atoms with Crippen molar-refractivity contribution >= 4 is 27.6 Å². The first-order valence-corrected chi connectivity index (χ1v) is 5.65. The maximum atomic E-state index is 10.9. The monoisotopic (exact) mass is 283 g/mol. The highest BCUT2D eigenvalue weighted by atomic mass is 79.9. The summed E-state index contributed by atoms with van der Waals surface area (Å²) in [4.78, 5) is 10.9. The molecule has 4 heteroatoms. The van der Waals surface area contributed by atoms with Gasteiger partial charge in [0, 0.05) is 4.47 Å². The fraction of sp³-hybridized carbons (Fsp3) is 0.250. The molecule has 16 heavy (non-hydrogen) atoms. The fourth-order valence-electron chi connectivity index (χ4n) is 1.29. The zero-order chi connectivity index (χ0) is 12.3. The highest BCUT2D eigenvalue weighted by Gasteiger charge is 2.11. The molecule has 0 amide bonds. The van der Waals surface area contributed by atoms with Crippen molar-refractivity contribution in [2.75, 3.05) is 5.73 Å². The Hall–Kier alpha value is -1.29. The Balaban J connectivity index is 3.14. The summed E-state index contributed by atoms with van der Waals surface area (Å²) in [7, 11) is 0. The molecule has 0 fully saturated rings. The Bertz CT molecular complexity index is 449. The van der Waals surface area contributed by atoms with Gasteiger partial charge in [0.2, 0.25) is 0 Å². The van der Waals surface area contributed by atoms with Crippen molar-refractivity contribution in [3.63, 3.8) is 0 Å². The zero-order valence-corrected chi connectivity index (χ0v) is 10.8. The van der Waals surface area contributed by atoms with Crippen LogP contribution in [0.5, 0.6) is 0 Å². The lowest BCUT2D eigenvalue weighted by Crippen LogP contribution is -2.04. The molecule has 0 spiro atoms. The number of anilines is 1. The molecule has 0 saturated heterocycles. The van der Waals surface area contributed by atoms with E-state index in [0.717, 1.165) is 5.56 Å². The third-order valence-corrected chi connectivity index (χ3v) is 2.82. The molecule has 1 aromatic rings. The van der Waals surface area contributed by atoms with Crippen LogP contribution in [0.1, 0.15) is 29.8 Å². The Labute approximate surface area is 103 Å². The summed E-state index contributed by atoms with van der Waals surface area (Å²) in [5, 5.41) is 8.98. The predicted octanol–water partition coefficient (Wildman–Crippen LogP) is 3.24. The van der Waals surface area contributed by atoms with Crippen molar-refractivity contribution in [3.8, 4) is 0 Å². The van der Waals surface area contributed by atoms with Gasteiger partial charge in [0.1, 0.15) is 0 Å². The molecule has 1 rings (SSSR count). The fourth-order valence-corrected chi connectivity index (χ4v) is 1.80. The molecule has 0 aliphatic heterocycles. The Morgan fingerprint density at radius 2 is 2.12 bits per heavy atom. The van der Waals surface area contributed by atoms with Crippen LogP contribution in [0.15, 0.2) is 28.3 Å². The van der Waals surface area contributed by atoms with E-state index in [1.54, 1.807) is 6.07 Å². The summed E-state index contributed by atoms with van der Waals surface area (Å²) >= 11 is 3.26. The number of rotatable bonds is 3. The van der Waals surface area contributed by atoms with E-state index in [4.69, 9.17) is 10.8 Å². The number of carboxylic acids is 1. The van der Waals surface area contributed by atoms with Crippen molar-refractivity contribution in [3.05, 3.63) is 39.4 Å². The SMILES string of the molecule is CC(C)=CCc1cc(Br)c(N)c(C(=O)O)c1. The van der Waals surface area contributed by atoms with Gasteiger partial charge in [0.15, 0.2) is 0 Å². The van der Waals surface area contributed by atoms with Crippen LogP contribution in [-0.4, -0.2) is 11.1 Å². The van der Waals surface area contributed by atoms with Crippen LogP contribution in [0.3, 0.4) is 0 Å². The van der Waals surface area contributed by atoms with Crippen molar-refractivity contribution in [1.29, 1.82) is 0 Å². The highest BCUT2D eigenvalue weighted by molar-refractivity contribution is 9.10. The number of carbonyl (C=O) groups is 1. The molecule has 0 atom stereocenters. The summed E-state index contributed by atoms with van der Waals surface area (Å²) in [6.45, 7) is 4.01. The van der Waals surface area contributed by atoms with Crippen LogP contribution in [0.2, 0.25) is 0 Å². The second-order valence-corrected chi connectivity index (χ2v) is 4.68. The van der Waals surface area contributed by atoms with Gasteiger partial charge in [-0.25, -0.2) is 4.79 Å². The van der Waals surface area contributed by atoms with E-state index >= 15 is 0 Å². The number of hydrogen-bond donors (Lipinski definition) is 2. The van der Waals surface area contributed by atoms with Crippen LogP contribution < -0.4 is 5.73 Å². The molecular weight excluding hydrogens is 270 g/mol. The minimum atomic E-state index is -1.00. The highest BCUT2D eigenvalue weighted by Crippen LogP contribution is 2.26. The lowest BCUT2D eigenvalue weighted by molar-refractivity contribution is 0.0698. The number of halogens is 1. The van der Waals surface area contributed by atoms with Crippen molar-refractivity contribution in [1.82, 2.24) is 0 Å². The number of aromatic carboxylic acids is 1. The molecule has 0 aromatic heterocycles. The molecule has 1 aromatic carbocycles. The third-order valence-electron chi connectivity index (χ3n) is 2.17. The minimum absolute atomic E-state index is 0.145.